The summed E-state index contributed by atoms with van der Waals surface area (Å²) in [6.45, 7) is 0. The Kier molecular flexibility index (Phi) is 6.67. The molecule has 0 radical (unpaired) electrons. The van der Waals surface area contributed by atoms with Crippen molar-refractivity contribution in [1.82, 2.24) is 9.97 Å². The minimum atomic E-state index is 0.497. The van der Waals surface area contributed by atoms with Crippen LogP contribution in [0.15, 0.2) is 158 Å². The van der Waals surface area contributed by atoms with Gasteiger partial charge in [0.1, 0.15) is 0 Å². The predicted molar refractivity (Wildman–Crippen MR) is 183 cm³/mol. The van der Waals surface area contributed by atoms with Gasteiger partial charge in [-0.1, -0.05) is 115 Å². The first-order chi connectivity index (χ1) is 21.8. The van der Waals surface area contributed by atoms with Gasteiger partial charge in [0.15, 0.2) is 0 Å². The normalized spacial score (nSPS) is 11.2. The second-order valence-electron chi connectivity index (χ2n) is 10.7. The molecule has 0 bridgehead atoms. The lowest BCUT2D eigenvalue weighted by Gasteiger charge is -2.12. The van der Waals surface area contributed by atoms with E-state index in [1.54, 1.807) is 0 Å². The van der Waals surface area contributed by atoms with Gasteiger partial charge in [-0.25, -0.2) is 9.97 Å². The standard InChI is InChI=1S/C40H26N2OS/c1-3-11-27(12-4-1)29-15-9-16-31(23-29)35-18-10-20-39(41-35)43-40-26-32(24-36(42-40)28-13-5-2-6-14-28)30-21-22-34-33-17-7-8-19-37(33)44-38(34)25-30/h1-26H. The highest BCUT2D eigenvalue weighted by Crippen LogP contribution is 2.38. The quantitative estimate of drug-likeness (QED) is 0.196. The van der Waals surface area contributed by atoms with E-state index in [1.165, 1.54) is 25.7 Å². The number of pyridine rings is 2. The molecule has 3 nitrogen and oxygen atoms in total. The van der Waals surface area contributed by atoms with E-state index >= 15 is 0 Å². The third kappa shape index (κ3) is 5.13. The summed E-state index contributed by atoms with van der Waals surface area (Å²) in [7, 11) is 0. The molecule has 0 amide bonds. The number of hydrogen-bond acceptors (Lipinski definition) is 4. The average Bonchev–Trinajstić information content (AvgIpc) is 3.47. The zero-order valence-corrected chi connectivity index (χ0v) is 24.5. The van der Waals surface area contributed by atoms with Crippen molar-refractivity contribution in [3.63, 3.8) is 0 Å². The largest absolute Gasteiger partial charge is 0.421 e. The van der Waals surface area contributed by atoms with Crippen molar-refractivity contribution in [2.45, 2.75) is 0 Å². The van der Waals surface area contributed by atoms with Crippen LogP contribution in [0.25, 0.3) is 64.9 Å². The average molecular weight is 583 g/mol. The molecule has 0 N–H and O–H groups in total. The van der Waals surface area contributed by atoms with Crippen LogP contribution < -0.4 is 4.74 Å². The lowest BCUT2D eigenvalue weighted by molar-refractivity contribution is 0.446. The van der Waals surface area contributed by atoms with Crippen molar-refractivity contribution in [2.75, 3.05) is 0 Å². The van der Waals surface area contributed by atoms with Crippen LogP contribution in [0, 0.1) is 0 Å². The maximum Gasteiger partial charge on any atom is 0.222 e. The first kappa shape index (κ1) is 26.1. The third-order valence-corrected chi connectivity index (χ3v) is 8.92. The number of hydrogen-bond donors (Lipinski definition) is 0. The molecule has 0 atom stereocenters. The Bertz CT molecular complexity index is 2260. The van der Waals surface area contributed by atoms with Crippen LogP contribution in [0.3, 0.4) is 0 Å². The highest BCUT2D eigenvalue weighted by Gasteiger charge is 2.13. The van der Waals surface area contributed by atoms with Crippen LogP contribution in [0.4, 0.5) is 0 Å². The van der Waals surface area contributed by atoms with E-state index < -0.39 is 0 Å². The van der Waals surface area contributed by atoms with Gasteiger partial charge in [-0.05, 0) is 52.6 Å². The van der Waals surface area contributed by atoms with Gasteiger partial charge in [-0.3, -0.25) is 0 Å². The number of rotatable bonds is 6. The lowest BCUT2D eigenvalue weighted by Crippen LogP contribution is -1.95. The molecule has 3 heterocycles. The Morgan fingerprint density at radius 1 is 0.364 bits per heavy atom. The van der Waals surface area contributed by atoms with Crippen LogP contribution in [0.5, 0.6) is 11.8 Å². The SMILES string of the molecule is c1ccc(-c2cccc(-c3cccc(Oc4cc(-c5ccc6c(c5)sc5ccccc56)cc(-c5ccccc5)n4)n3)c2)cc1. The van der Waals surface area contributed by atoms with E-state index in [4.69, 9.17) is 14.7 Å². The Hall–Kier alpha value is -5.58. The van der Waals surface area contributed by atoms with Crippen molar-refractivity contribution < 1.29 is 4.74 Å². The summed E-state index contributed by atoms with van der Waals surface area (Å²) in [5.74, 6) is 0.997. The van der Waals surface area contributed by atoms with E-state index in [0.717, 1.165) is 39.2 Å². The van der Waals surface area contributed by atoms with Gasteiger partial charge in [0.25, 0.3) is 0 Å². The molecule has 44 heavy (non-hydrogen) atoms. The monoisotopic (exact) mass is 582 g/mol. The lowest BCUT2D eigenvalue weighted by atomic mass is 10.0. The molecule has 0 spiro atoms. The molecule has 0 aliphatic carbocycles. The predicted octanol–water partition coefficient (Wildman–Crippen LogP) is 11.3. The number of fused-ring (bicyclic) bond motifs is 3. The third-order valence-electron chi connectivity index (χ3n) is 7.78. The van der Waals surface area contributed by atoms with Crippen molar-refractivity contribution in [2.24, 2.45) is 0 Å². The summed E-state index contributed by atoms with van der Waals surface area (Å²) >= 11 is 1.82. The molecule has 0 fully saturated rings. The van der Waals surface area contributed by atoms with E-state index in [9.17, 15) is 0 Å². The van der Waals surface area contributed by atoms with Crippen LogP contribution in [0.2, 0.25) is 0 Å². The highest BCUT2D eigenvalue weighted by atomic mass is 32.1. The summed E-state index contributed by atoms with van der Waals surface area (Å²) < 4.78 is 8.95. The van der Waals surface area contributed by atoms with Crippen LogP contribution in [-0.2, 0) is 0 Å². The van der Waals surface area contributed by atoms with Crippen LogP contribution >= 0.6 is 11.3 Å². The van der Waals surface area contributed by atoms with Crippen LogP contribution in [-0.4, -0.2) is 9.97 Å². The zero-order valence-electron chi connectivity index (χ0n) is 23.7. The first-order valence-corrected chi connectivity index (χ1v) is 15.4. The number of nitrogens with zero attached hydrogens (tertiary/aromatic N) is 2. The molecule has 4 heteroatoms. The number of benzene rings is 5. The molecule has 3 aromatic heterocycles. The fraction of sp³-hybridized carbons (Fsp3) is 0. The molecule has 5 aromatic carbocycles. The Morgan fingerprint density at radius 3 is 1.89 bits per heavy atom. The summed E-state index contributed by atoms with van der Waals surface area (Å²) in [5, 5.41) is 2.57. The van der Waals surface area contributed by atoms with Gasteiger partial charge >= 0.3 is 0 Å². The molecule has 0 unspecified atom stereocenters. The minimum absolute atomic E-state index is 0.497. The molecule has 0 aliphatic rings. The van der Waals surface area contributed by atoms with Crippen molar-refractivity contribution in [3.05, 3.63) is 158 Å². The second-order valence-corrected chi connectivity index (χ2v) is 11.7. The fourth-order valence-corrected chi connectivity index (χ4v) is 6.76. The van der Waals surface area contributed by atoms with Gasteiger partial charge in [-0.15, -0.1) is 11.3 Å². The highest BCUT2D eigenvalue weighted by molar-refractivity contribution is 7.25. The van der Waals surface area contributed by atoms with Gasteiger partial charge in [0, 0.05) is 43.4 Å². The van der Waals surface area contributed by atoms with Crippen molar-refractivity contribution >= 4 is 31.5 Å². The fourth-order valence-electron chi connectivity index (χ4n) is 5.61. The van der Waals surface area contributed by atoms with Gasteiger partial charge in [0.2, 0.25) is 11.8 Å². The van der Waals surface area contributed by atoms with E-state index in [2.05, 4.69) is 109 Å². The first-order valence-electron chi connectivity index (χ1n) is 14.6. The number of thiophene rings is 1. The topological polar surface area (TPSA) is 35.0 Å². The second kappa shape index (κ2) is 11.3. The summed E-state index contributed by atoms with van der Waals surface area (Å²) in [5.41, 5.74) is 8.23. The Balaban J connectivity index is 1.17. The molecule has 0 saturated heterocycles. The Morgan fingerprint density at radius 2 is 1.02 bits per heavy atom. The van der Waals surface area contributed by atoms with Crippen molar-refractivity contribution in [3.8, 4) is 56.5 Å². The molecule has 0 aliphatic heterocycles. The minimum Gasteiger partial charge on any atom is -0.421 e. The summed E-state index contributed by atoms with van der Waals surface area (Å²) in [6.07, 6.45) is 0. The van der Waals surface area contributed by atoms with E-state index in [0.29, 0.717) is 11.8 Å². The van der Waals surface area contributed by atoms with Gasteiger partial charge in [-0.2, -0.15) is 0 Å². The molecule has 208 valence electrons. The molecule has 0 saturated carbocycles. The maximum atomic E-state index is 6.40. The van der Waals surface area contributed by atoms with Gasteiger partial charge in [0.05, 0.1) is 11.4 Å². The molecule has 8 aromatic rings. The summed E-state index contributed by atoms with van der Waals surface area (Å²) in [4.78, 5) is 9.80. The van der Waals surface area contributed by atoms with Crippen LogP contribution in [0.1, 0.15) is 0 Å². The molecular weight excluding hydrogens is 557 g/mol. The van der Waals surface area contributed by atoms with Gasteiger partial charge < -0.3 is 4.74 Å². The van der Waals surface area contributed by atoms with E-state index in [-0.39, 0.29) is 0 Å². The Labute approximate surface area is 259 Å². The van der Waals surface area contributed by atoms with Crippen molar-refractivity contribution in [1.29, 1.82) is 0 Å². The number of ether oxygens (including phenoxy) is 1. The zero-order chi connectivity index (χ0) is 29.3. The molecular formula is C40H26N2OS. The molecule has 8 rings (SSSR count). The maximum absolute atomic E-state index is 6.40. The summed E-state index contributed by atoms with van der Waals surface area (Å²) in [6, 6.07) is 54.3. The van der Waals surface area contributed by atoms with E-state index in [1.807, 2.05) is 59.9 Å². The smallest absolute Gasteiger partial charge is 0.222 e. The number of aromatic nitrogens is 2.